The Bertz CT molecular complexity index is 857. The van der Waals surface area contributed by atoms with Crippen LogP contribution in [0.1, 0.15) is 48.0 Å². The van der Waals surface area contributed by atoms with E-state index in [-0.39, 0.29) is 29.3 Å². The van der Waals surface area contributed by atoms with Crippen molar-refractivity contribution in [3.05, 3.63) is 29.3 Å². The predicted molar refractivity (Wildman–Crippen MR) is 110 cm³/mol. The third kappa shape index (κ3) is 5.34. The number of nitrogens with one attached hydrogen (secondary N) is 1. The number of piperidine rings is 2. The fraction of sp³-hybridized carbons (Fsp3) is 0.600. The van der Waals surface area contributed by atoms with Gasteiger partial charge in [0.25, 0.3) is 5.91 Å². The molecule has 0 bridgehead atoms. The number of nitrogens with zero attached hydrogens (tertiary/aromatic N) is 2. The quantitative estimate of drug-likeness (QED) is 0.706. The summed E-state index contributed by atoms with van der Waals surface area (Å²) in [6.45, 7) is 4.43. The van der Waals surface area contributed by atoms with Crippen molar-refractivity contribution < 1.29 is 18.0 Å². The van der Waals surface area contributed by atoms with Crippen LogP contribution in [0.15, 0.2) is 23.1 Å². The number of amides is 2. The third-order valence-corrected chi connectivity index (χ3v) is 7.73. The maximum absolute atomic E-state index is 13.0. The molecular weight excluding hydrogens is 392 g/mol. The molecule has 2 aliphatic rings. The fourth-order valence-electron chi connectivity index (χ4n) is 3.99. The summed E-state index contributed by atoms with van der Waals surface area (Å²) in [5, 5.41) is 3.00. The van der Waals surface area contributed by atoms with Crippen LogP contribution in [0.3, 0.4) is 0 Å². The van der Waals surface area contributed by atoms with Crippen molar-refractivity contribution >= 4 is 21.8 Å². The molecule has 0 aromatic heterocycles. The second kappa shape index (κ2) is 9.23. The van der Waals surface area contributed by atoms with Crippen molar-refractivity contribution in [2.75, 3.05) is 32.7 Å². The van der Waals surface area contributed by atoms with Gasteiger partial charge in [-0.05, 0) is 50.3 Å². The summed E-state index contributed by atoms with van der Waals surface area (Å²) in [4.78, 5) is 25.9. The summed E-state index contributed by atoms with van der Waals surface area (Å²) >= 11 is 0. The summed E-state index contributed by atoms with van der Waals surface area (Å²) in [6, 6.07) is 4.86. The summed E-state index contributed by atoms with van der Waals surface area (Å²) in [6.07, 6.45) is 4.24. The number of likely N-dealkylation sites (tertiary alicyclic amines) is 1. The Morgan fingerprint density at radius 2 is 1.76 bits per heavy atom. The van der Waals surface area contributed by atoms with Crippen LogP contribution in [-0.4, -0.2) is 68.2 Å². The van der Waals surface area contributed by atoms with Gasteiger partial charge in [-0.3, -0.25) is 14.5 Å². The Morgan fingerprint density at radius 3 is 2.38 bits per heavy atom. The number of benzene rings is 1. The smallest absolute Gasteiger partial charge is 0.251 e. The van der Waals surface area contributed by atoms with Crippen molar-refractivity contribution in [3.63, 3.8) is 0 Å². The van der Waals surface area contributed by atoms with E-state index in [1.54, 1.807) is 19.1 Å². The average molecular weight is 423 g/mol. The fourth-order valence-corrected chi connectivity index (χ4v) is 5.76. The molecule has 2 amide bonds. The number of primary amides is 1. The van der Waals surface area contributed by atoms with E-state index in [1.807, 2.05) is 4.90 Å². The highest BCUT2D eigenvalue weighted by Gasteiger charge is 2.28. The molecule has 160 valence electrons. The lowest BCUT2D eigenvalue weighted by molar-refractivity contribution is -0.119. The Hall–Kier alpha value is -1.97. The van der Waals surface area contributed by atoms with Crippen LogP contribution in [0.25, 0.3) is 0 Å². The zero-order valence-corrected chi connectivity index (χ0v) is 17.7. The first kappa shape index (κ1) is 21.7. The second-order valence-corrected chi connectivity index (χ2v) is 9.84. The van der Waals surface area contributed by atoms with E-state index in [1.165, 1.54) is 10.4 Å². The van der Waals surface area contributed by atoms with Gasteiger partial charge in [0.15, 0.2) is 0 Å². The van der Waals surface area contributed by atoms with Crippen LogP contribution in [0.5, 0.6) is 0 Å². The highest BCUT2D eigenvalue weighted by Crippen LogP contribution is 2.24. The lowest BCUT2D eigenvalue weighted by Crippen LogP contribution is -2.46. The summed E-state index contributed by atoms with van der Waals surface area (Å²) in [7, 11) is -3.60. The first-order chi connectivity index (χ1) is 13.8. The van der Waals surface area contributed by atoms with E-state index in [0.717, 1.165) is 32.1 Å². The van der Waals surface area contributed by atoms with Gasteiger partial charge in [0.05, 0.1) is 11.4 Å². The molecule has 2 heterocycles. The SMILES string of the molecule is Cc1ccc(C(=O)NC2CCN(CC(N)=O)CC2)cc1S(=O)(=O)N1CCCCC1. The minimum absolute atomic E-state index is 0.00455. The van der Waals surface area contributed by atoms with Crippen LogP contribution < -0.4 is 11.1 Å². The molecule has 2 fully saturated rings. The summed E-state index contributed by atoms with van der Waals surface area (Å²) in [5.41, 5.74) is 6.22. The summed E-state index contributed by atoms with van der Waals surface area (Å²) < 4.78 is 27.6. The van der Waals surface area contributed by atoms with Gasteiger partial charge in [-0.15, -0.1) is 0 Å². The largest absolute Gasteiger partial charge is 0.369 e. The lowest BCUT2D eigenvalue weighted by atomic mass is 10.0. The number of hydrogen-bond donors (Lipinski definition) is 2. The molecule has 0 unspecified atom stereocenters. The van der Waals surface area contributed by atoms with Crippen LogP contribution in [-0.2, 0) is 14.8 Å². The maximum Gasteiger partial charge on any atom is 0.251 e. The molecule has 2 aliphatic heterocycles. The molecule has 0 atom stereocenters. The van der Waals surface area contributed by atoms with Crippen molar-refractivity contribution in [1.29, 1.82) is 0 Å². The highest BCUT2D eigenvalue weighted by molar-refractivity contribution is 7.89. The molecule has 29 heavy (non-hydrogen) atoms. The molecule has 3 N–H and O–H groups in total. The molecule has 1 aromatic carbocycles. The molecule has 9 heteroatoms. The molecule has 1 aromatic rings. The number of aryl methyl sites for hydroxylation is 1. The predicted octanol–water partition coefficient (Wildman–Crippen LogP) is 0.849. The third-order valence-electron chi connectivity index (χ3n) is 5.69. The van der Waals surface area contributed by atoms with Gasteiger partial charge in [-0.2, -0.15) is 4.31 Å². The molecular formula is C20H30N4O4S. The number of nitrogens with two attached hydrogens (primary N) is 1. The molecule has 0 radical (unpaired) electrons. The average Bonchev–Trinajstić information content (AvgIpc) is 2.70. The first-order valence-electron chi connectivity index (χ1n) is 10.2. The van der Waals surface area contributed by atoms with Crippen molar-refractivity contribution in [2.24, 2.45) is 5.73 Å². The van der Waals surface area contributed by atoms with Gasteiger partial charge < -0.3 is 11.1 Å². The van der Waals surface area contributed by atoms with Gasteiger partial charge in [0.2, 0.25) is 15.9 Å². The maximum atomic E-state index is 13.0. The van der Waals surface area contributed by atoms with Gasteiger partial charge in [-0.1, -0.05) is 12.5 Å². The van der Waals surface area contributed by atoms with Gasteiger partial charge in [-0.25, -0.2) is 8.42 Å². The Morgan fingerprint density at radius 1 is 1.10 bits per heavy atom. The molecule has 0 aliphatic carbocycles. The molecule has 0 spiro atoms. The van der Waals surface area contributed by atoms with Crippen LogP contribution >= 0.6 is 0 Å². The van der Waals surface area contributed by atoms with E-state index < -0.39 is 10.0 Å². The molecule has 8 nitrogen and oxygen atoms in total. The van der Waals surface area contributed by atoms with E-state index in [4.69, 9.17) is 5.73 Å². The van der Waals surface area contributed by atoms with Gasteiger partial charge in [0.1, 0.15) is 0 Å². The topological polar surface area (TPSA) is 113 Å². The van der Waals surface area contributed by atoms with E-state index >= 15 is 0 Å². The van der Waals surface area contributed by atoms with E-state index in [0.29, 0.717) is 37.3 Å². The summed E-state index contributed by atoms with van der Waals surface area (Å²) in [5.74, 6) is -0.622. The zero-order valence-electron chi connectivity index (χ0n) is 16.9. The number of carbonyl (C=O) groups excluding carboxylic acids is 2. The van der Waals surface area contributed by atoms with E-state index in [2.05, 4.69) is 5.32 Å². The second-order valence-electron chi connectivity index (χ2n) is 7.94. The van der Waals surface area contributed by atoms with Crippen LogP contribution in [0.2, 0.25) is 0 Å². The van der Waals surface area contributed by atoms with Crippen LogP contribution in [0, 0.1) is 6.92 Å². The van der Waals surface area contributed by atoms with Gasteiger partial charge in [0, 0.05) is 37.8 Å². The first-order valence-corrected chi connectivity index (χ1v) is 11.6. The monoisotopic (exact) mass is 422 g/mol. The number of sulfonamides is 1. The molecule has 2 saturated heterocycles. The van der Waals surface area contributed by atoms with E-state index in [9.17, 15) is 18.0 Å². The number of carbonyl (C=O) groups is 2. The highest BCUT2D eigenvalue weighted by atomic mass is 32.2. The van der Waals surface area contributed by atoms with Gasteiger partial charge >= 0.3 is 0 Å². The minimum Gasteiger partial charge on any atom is -0.369 e. The van der Waals surface area contributed by atoms with Crippen molar-refractivity contribution in [2.45, 2.75) is 50.0 Å². The zero-order chi connectivity index (χ0) is 21.0. The lowest BCUT2D eigenvalue weighted by Gasteiger charge is -2.31. The Kier molecular flexibility index (Phi) is 6.92. The Balaban J connectivity index is 1.68. The van der Waals surface area contributed by atoms with Crippen molar-refractivity contribution in [3.8, 4) is 0 Å². The molecule has 3 rings (SSSR count). The van der Waals surface area contributed by atoms with Crippen molar-refractivity contribution in [1.82, 2.24) is 14.5 Å². The standard InChI is InChI=1S/C20H30N4O4S/c1-15-5-6-16(13-18(15)29(27,28)24-9-3-2-4-10-24)20(26)22-17-7-11-23(12-8-17)14-19(21)25/h5-6,13,17H,2-4,7-12,14H2,1H3,(H2,21,25)(H,22,26). The normalized spacial score (nSPS) is 19.8. The molecule has 0 saturated carbocycles. The van der Waals surface area contributed by atoms with Crippen LogP contribution in [0.4, 0.5) is 0 Å². The number of hydrogen-bond acceptors (Lipinski definition) is 5. The number of rotatable bonds is 6. The minimum atomic E-state index is -3.60. The Labute approximate surface area is 172 Å².